The summed E-state index contributed by atoms with van der Waals surface area (Å²) in [5, 5.41) is 3.55. The number of benzene rings is 6. The number of hydrogen-bond donors (Lipinski definition) is 0. The molecule has 4 heteroatoms. The van der Waals surface area contributed by atoms with Crippen molar-refractivity contribution >= 4 is 53.6 Å². The molecule has 3 aromatic heterocycles. The summed E-state index contributed by atoms with van der Waals surface area (Å²) in [5.74, 6) is 0.749. The van der Waals surface area contributed by atoms with Crippen molar-refractivity contribution < 1.29 is 4.42 Å². The van der Waals surface area contributed by atoms with Gasteiger partial charge in [0.05, 0.1) is 15.9 Å². The molecule has 1 aliphatic rings. The Labute approximate surface area is 275 Å². The van der Waals surface area contributed by atoms with E-state index in [0.717, 1.165) is 44.0 Å². The standard InChI is InChI=1S/C43H28N2OS/c1-43(2)32-23-24-34-37(29-13-6-8-17-33(29)46-34)36(32)31-16-10-15-28(38(31)43)25-19-21-26(22-20-25)39-41-40(30-14-7-9-18-35(30)47-41)45-42(44-39)27-11-4-3-5-12-27/h3-24H,1-2H3. The average Bonchev–Trinajstić information content (AvgIpc) is 3.76. The summed E-state index contributed by atoms with van der Waals surface area (Å²) >= 11 is 1.77. The molecule has 0 aliphatic heterocycles. The van der Waals surface area contributed by atoms with Crippen molar-refractivity contribution in [3.8, 4) is 44.9 Å². The highest BCUT2D eigenvalue weighted by atomic mass is 32.1. The number of fused-ring (bicyclic) bond motifs is 10. The highest BCUT2D eigenvalue weighted by molar-refractivity contribution is 7.26. The number of aromatic nitrogens is 2. The second-order valence-electron chi connectivity index (χ2n) is 12.9. The molecule has 0 saturated heterocycles. The van der Waals surface area contributed by atoms with E-state index in [4.69, 9.17) is 14.4 Å². The Bertz CT molecular complexity index is 2700. The van der Waals surface area contributed by atoms with Crippen LogP contribution in [0.1, 0.15) is 25.0 Å². The van der Waals surface area contributed by atoms with Gasteiger partial charge in [-0.3, -0.25) is 0 Å². The maximum atomic E-state index is 6.31. The van der Waals surface area contributed by atoms with Crippen molar-refractivity contribution in [3.63, 3.8) is 0 Å². The van der Waals surface area contributed by atoms with Gasteiger partial charge in [0.25, 0.3) is 0 Å². The highest BCUT2D eigenvalue weighted by Gasteiger charge is 2.39. The van der Waals surface area contributed by atoms with Crippen LogP contribution in [0.4, 0.5) is 0 Å². The molecule has 1 aliphatic carbocycles. The van der Waals surface area contributed by atoms with Crippen molar-refractivity contribution in [2.24, 2.45) is 0 Å². The van der Waals surface area contributed by atoms with E-state index < -0.39 is 0 Å². The van der Waals surface area contributed by atoms with Crippen LogP contribution in [0.3, 0.4) is 0 Å². The molecule has 3 heterocycles. The Morgan fingerprint density at radius 3 is 2.15 bits per heavy atom. The third-order valence-electron chi connectivity index (χ3n) is 9.90. The second kappa shape index (κ2) is 9.71. The van der Waals surface area contributed by atoms with Gasteiger partial charge in [0.15, 0.2) is 5.82 Å². The third kappa shape index (κ3) is 3.79. The minimum atomic E-state index is -0.174. The third-order valence-corrected chi connectivity index (χ3v) is 11.1. The molecule has 0 amide bonds. The molecule has 222 valence electrons. The lowest BCUT2D eigenvalue weighted by molar-refractivity contribution is 0.658. The number of rotatable bonds is 3. The monoisotopic (exact) mass is 620 g/mol. The van der Waals surface area contributed by atoms with E-state index in [2.05, 4.69) is 123 Å². The fourth-order valence-electron chi connectivity index (χ4n) is 7.74. The van der Waals surface area contributed by atoms with Gasteiger partial charge in [-0.1, -0.05) is 129 Å². The number of nitrogens with zero attached hydrogens (tertiary/aromatic N) is 2. The number of furan rings is 1. The summed E-state index contributed by atoms with van der Waals surface area (Å²) in [4.78, 5) is 10.3. The largest absolute Gasteiger partial charge is 0.456 e. The van der Waals surface area contributed by atoms with Gasteiger partial charge in [-0.15, -0.1) is 11.3 Å². The molecule has 6 aromatic carbocycles. The molecular formula is C43H28N2OS. The quantitative estimate of drug-likeness (QED) is 0.197. The predicted octanol–water partition coefficient (Wildman–Crippen LogP) is 12.1. The lowest BCUT2D eigenvalue weighted by atomic mass is 9.78. The Morgan fingerprint density at radius 2 is 1.30 bits per heavy atom. The predicted molar refractivity (Wildman–Crippen MR) is 196 cm³/mol. The first-order chi connectivity index (χ1) is 23.1. The molecular weight excluding hydrogens is 593 g/mol. The van der Waals surface area contributed by atoms with E-state index in [0.29, 0.717) is 0 Å². The Hall–Kier alpha value is -5.58. The smallest absolute Gasteiger partial charge is 0.160 e. The highest BCUT2D eigenvalue weighted by Crippen LogP contribution is 2.55. The van der Waals surface area contributed by atoms with Crippen LogP contribution >= 0.6 is 11.3 Å². The fourth-order valence-corrected chi connectivity index (χ4v) is 8.89. The van der Waals surface area contributed by atoms with Gasteiger partial charge in [0.2, 0.25) is 0 Å². The SMILES string of the molecule is CC1(C)c2ccc3oc4ccccc4c3c2-c2cccc(-c3ccc(-c4nc(-c5ccccc5)nc5c4sc4ccccc45)cc3)c21. The van der Waals surface area contributed by atoms with E-state index in [1.807, 2.05) is 24.3 Å². The summed E-state index contributed by atoms with van der Waals surface area (Å²) in [6.07, 6.45) is 0. The van der Waals surface area contributed by atoms with E-state index in [1.165, 1.54) is 54.2 Å². The maximum Gasteiger partial charge on any atom is 0.160 e. The second-order valence-corrected chi connectivity index (χ2v) is 14.0. The maximum absolute atomic E-state index is 6.31. The molecule has 47 heavy (non-hydrogen) atoms. The van der Waals surface area contributed by atoms with E-state index in [1.54, 1.807) is 11.3 Å². The summed E-state index contributed by atoms with van der Waals surface area (Å²) in [7, 11) is 0. The van der Waals surface area contributed by atoms with Gasteiger partial charge >= 0.3 is 0 Å². The number of thiophene rings is 1. The van der Waals surface area contributed by atoms with Crippen LogP contribution in [-0.4, -0.2) is 9.97 Å². The number of hydrogen-bond acceptors (Lipinski definition) is 4. The molecule has 0 N–H and O–H groups in total. The molecule has 0 atom stereocenters. The molecule has 10 rings (SSSR count). The van der Waals surface area contributed by atoms with Crippen LogP contribution in [-0.2, 0) is 5.41 Å². The van der Waals surface area contributed by atoms with Crippen molar-refractivity contribution in [1.82, 2.24) is 9.97 Å². The summed E-state index contributed by atoms with van der Waals surface area (Å²) in [5.41, 5.74) is 13.5. The van der Waals surface area contributed by atoms with Crippen LogP contribution < -0.4 is 0 Å². The van der Waals surface area contributed by atoms with Gasteiger partial charge in [0, 0.05) is 37.4 Å². The van der Waals surface area contributed by atoms with Crippen LogP contribution in [0, 0.1) is 0 Å². The number of para-hydroxylation sites is 1. The van der Waals surface area contributed by atoms with Crippen molar-refractivity contribution in [2.45, 2.75) is 19.3 Å². The minimum absolute atomic E-state index is 0.174. The van der Waals surface area contributed by atoms with Gasteiger partial charge in [-0.2, -0.15) is 0 Å². The summed E-state index contributed by atoms with van der Waals surface area (Å²) in [6.45, 7) is 4.71. The summed E-state index contributed by atoms with van der Waals surface area (Å²) in [6, 6.07) is 47.3. The van der Waals surface area contributed by atoms with Crippen LogP contribution in [0.15, 0.2) is 138 Å². The van der Waals surface area contributed by atoms with Gasteiger partial charge in [0.1, 0.15) is 11.2 Å². The topological polar surface area (TPSA) is 38.9 Å². The van der Waals surface area contributed by atoms with Crippen molar-refractivity contribution in [3.05, 3.63) is 145 Å². The average molecular weight is 621 g/mol. The Kier molecular flexibility index (Phi) is 5.50. The lowest BCUT2D eigenvalue weighted by Gasteiger charge is -2.24. The van der Waals surface area contributed by atoms with E-state index >= 15 is 0 Å². The normalized spacial score (nSPS) is 13.5. The zero-order chi connectivity index (χ0) is 31.3. The fraction of sp³-hybridized carbons (Fsp3) is 0.0698. The molecule has 0 fully saturated rings. The van der Waals surface area contributed by atoms with E-state index in [-0.39, 0.29) is 5.41 Å². The first-order valence-electron chi connectivity index (χ1n) is 16.0. The summed E-state index contributed by atoms with van der Waals surface area (Å²) < 4.78 is 8.65. The molecule has 9 aromatic rings. The van der Waals surface area contributed by atoms with Crippen molar-refractivity contribution in [1.29, 1.82) is 0 Å². The Morgan fingerprint density at radius 1 is 0.574 bits per heavy atom. The minimum Gasteiger partial charge on any atom is -0.456 e. The lowest BCUT2D eigenvalue weighted by Crippen LogP contribution is -2.16. The zero-order valence-corrected chi connectivity index (χ0v) is 26.7. The molecule has 0 radical (unpaired) electrons. The van der Waals surface area contributed by atoms with Gasteiger partial charge in [-0.25, -0.2) is 9.97 Å². The zero-order valence-electron chi connectivity index (χ0n) is 25.9. The molecule has 0 unspecified atom stereocenters. The first kappa shape index (κ1) is 26.6. The van der Waals surface area contributed by atoms with Crippen LogP contribution in [0.2, 0.25) is 0 Å². The van der Waals surface area contributed by atoms with Gasteiger partial charge < -0.3 is 4.42 Å². The van der Waals surface area contributed by atoms with E-state index in [9.17, 15) is 0 Å². The Balaban J connectivity index is 1.15. The van der Waals surface area contributed by atoms with Gasteiger partial charge in [-0.05, 0) is 51.6 Å². The first-order valence-corrected chi connectivity index (χ1v) is 16.8. The van der Waals surface area contributed by atoms with Crippen LogP contribution in [0.25, 0.3) is 87.1 Å². The molecule has 0 bridgehead atoms. The molecule has 0 spiro atoms. The van der Waals surface area contributed by atoms with Crippen molar-refractivity contribution in [2.75, 3.05) is 0 Å². The van der Waals surface area contributed by atoms with Crippen LogP contribution in [0.5, 0.6) is 0 Å². The molecule has 0 saturated carbocycles. The molecule has 3 nitrogen and oxygen atoms in total.